The zero-order chi connectivity index (χ0) is 12.3. The van der Waals surface area contributed by atoms with E-state index in [9.17, 15) is 4.79 Å². The number of nitrogens with zero attached hydrogens (tertiary/aromatic N) is 2. The van der Waals surface area contributed by atoms with Gasteiger partial charge in [-0.2, -0.15) is 0 Å². The van der Waals surface area contributed by atoms with Crippen LogP contribution < -0.4 is 5.73 Å². The lowest BCUT2D eigenvalue weighted by Gasteiger charge is -2.28. The molecule has 0 aliphatic carbocycles. The number of rotatable bonds is 4. The minimum absolute atomic E-state index is 0.0651. The Labute approximate surface area is 98.8 Å². The summed E-state index contributed by atoms with van der Waals surface area (Å²) >= 11 is 0. The van der Waals surface area contributed by atoms with Crippen molar-refractivity contribution < 1.29 is 4.79 Å². The van der Waals surface area contributed by atoms with E-state index in [1.807, 2.05) is 20.9 Å². The normalized spacial score (nSPS) is 23.8. The molecular formula is C12H25N3O. The van der Waals surface area contributed by atoms with Gasteiger partial charge in [0.25, 0.3) is 0 Å². The Morgan fingerprint density at radius 1 is 1.56 bits per heavy atom. The van der Waals surface area contributed by atoms with Gasteiger partial charge in [-0.3, -0.25) is 4.79 Å². The molecule has 0 unspecified atom stereocenters. The SMILES string of the molecule is CC(C)[C@H](N)C(=O)N(C)C[C@@H]1CCCN1C. The highest BCUT2D eigenvalue weighted by atomic mass is 16.2. The summed E-state index contributed by atoms with van der Waals surface area (Å²) in [6, 6.07) is 0.144. The van der Waals surface area contributed by atoms with E-state index in [-0.39, 0.29) is 17.9 Å². The van der Waals surface area contributed by atoms with E-state index in [2.05, 4.69) is 11.9 Å². The number of nitrogens with two attached hydrogens (primary N) is 1. The third-order valence-corrected chi connectivity index (χ3v) is 3.54. The molecule has 0 aromatic rings. The Balaban J connectivity index is 2.45. The zero-order valence-corrected chi connectivity index (χ0v) is 10.9. The first-order valence-electron chi connectivity index (χ1n) is 6.14. The van der Waals surface area contributed by atoms with Crippen molar-refractivity contribution in [3.05, 3.63) is 0 Å². The van der Waals surface area contributed by atoms with Crippen LogP contribution in [0, 0.1) is 5.92 Å². The van der Waals surface area contributed by atoms with E-state index < -0.39 is 0 Å². The summed E-state index contributed by atoms with van der Waals surface area (Å²) in [4.78, 5) is 16.1. The second-order valence-corrected chi connectivity index (χ2v) is 5.27. The number of likely N-dealkylation sites (tertiary alicyclic amines) is 1. The number of hydrogen-bond donors (Lipinski definition) is 1. The van der Waals surface area contributed by atoms with E-state index in [1.54, 1.807) is 4.90 Å². The van der Waals surface area contributed by atoms with Crippen LogP contribution in [0.5, 0.6) is 0 Å². The molecule has 2 atom stereocenters. The highest BCUT2D eigenvalue weighted by molar-refractivity contribution is 5.81. The van der Waals surface area contributed by atoms with Gasteiger partial charge < -0.3 is 15.5 Å². The van der Waals surface area contributed by atoms with Gasteiger partial charge in [0.2, 0.25) is 5.91 Å². The second-order valence-electron chi connectivity index (χ2n) is 5.27. The molecule has 1 aliphatic heterocycles. The van der Waals surface area contributed by atoms with Crippen molar-refractivity contribution in [3.63, 3.8) is 0 Å². The number of likely N-dealkylation sites (N-methyl/N-ethyl adjacent to an activating group) is 2. The van der Waals surface area contributed by atoms with E-state index >= 15 is 0 Å². The molecule has 4 nitrogen and oxygen atoms in total. The molecule has 2 N–H and O–H groups in total. The summed E-state index contributed by atoms with van der Waals surface area (Å²) in [5.74, 6) is 0.270. The third kappa shape index (κ3) is 3.19. The molecular weight excluding hydrogens is 202 g/mol. The minimum Gasteiger partial charge on any atom is -0.343 e. The predicted molar refractivity (Wildman–Crippen MR) is 66.1 cm³/mol. The third-order valence-electron chi connectivity index (χ3n) is 3.54. The van der Waals surface area contributed by atoms with Crippen molar-refractivity contribution >= 4 is 5.91 Å². The Morgan fingerprint density at radius 3 is 2.62 bits per heavy atom. The van der Waals surface area contributed by atoms with Crippen LogP contribution >= 0.6 is 0 Å². The summed E-state index contributed by atoms with van der Waals surface area (Å²) < 4.78 is 0. The molecule has 0 aromatic carbocycles. The fraction of sp³-hybridized carbons (Fsp3) is 0.917. The number of hydrogen-bond acceptors (Lipinski definition) is 3. The van der Waals surface area contributed by atoms with Gasteiger partial charge in [-0.05, 0) is 32.4 Å². The summed E-state index contributed by atoms with van der Waals surface area (Å²) in [7, 11) is 3.98. The Bertz CT molecular complexity index is 242. The average Bonchev–Trinajstić information content (AvgIpc) is 2.62. The van der Waals surface area contributed by atoms with Crippen LogP contribution in [0.25, 0.3) is 0 Å². The van der Waals surface area contributed by atoms with Crippen molar-refractivity contribution in [1.82, 2.24) is 9.80 Å². The molecule has 1 aliphatic rings. The van der Waals surface area contributed by atoms with Gasteiger partial charge in [0.15, 0.2) is 0 Å². The van der Waals surface area contributed by atoms with E-state index in [4.69, 9.17) is 5.73 Å². The molecule has 94 valence electrons. The Morgan fingerprint density at radius 2 is 2.19 bits per heavy atom. The molecule has 1 saturated heterocycles. The zero-order valence-electron chi connectivity index (χ0n) is 10.9. The van der Waals surface area contributed by atoms with E-state index in [0.717, 1.165) is 13.1 Å². The van der Waals surface area contributed by atoms with Crippen LogP contribution in [0.4, 0.5) is 0 Å². The predicted octanol–water partition coefficient (Wildman–Crippen LogP) is 0.522. The maximum absolute atomic E-state index is 12.0. The fourth-order valence-electron chi connectivity index (χ4n) is 2.16. The lowest BCUT2D eigenvalue weighted by molar-refractivity contribution is -0.132. The summed E-state index contributed by atoms with van der Waals surface area (Å²) in [5.41, 5.74) is 5.87. The highest BCUT2D eigenvalue weighted by Gasteiger charge is 2.26. The molecule has 16 heavy (non-hydrogen) atoms. The molecule has 0 spiro atoms. The lowest BCUT2D eigenvalue weighted by atomic mass is 10.0. The van der Waals surface area contributed by atoms with Crippen LogP contribution in [0.1, 0.15) is 26.7 Å². The second kappa shape index (κ2) is 5.64. The van der Waals surface area contributed by atoms with E-state index in [0.29, 0.717) is 6.04 Å². The minimum atomic E-state index is -0.364. The maximum Gasteiger partial charge on any atom is 0.239 e. The van der Waals surface area contributed by atoms with Crippen molar-refractivity contribution in [3.8, 4) is 0 Å². The Hall–Kier alpha value is -0.610. The number of carbonyl (C=O) groups excluding carboxylic acids is 1. The maximum atomic E-state index is 12.0. The van der Waals surface area contributed by atoms with Crippen molar-refractivity contribution in [2.45, 2.75) is 38.8 Å². The first-order chi connectivity index (χ1) is 7.43. The van der Waals surface area contributed by atoms with Crippen molar-refractivity contribution in [1.29, 1.82) is 0 Å². The molecule has 0 aromatic heterocycles. The quantitative estimate of drug-likeness (QED) is 0.762. The van der Waals surface area contributed by atoms with E-state index in [1.165, 1.54) is 12.8 Å². The number of carbonyl (C=O) groups is 1. The first-order valence-corrected chi connectivity index (χ1v) is 6.14. The summed E-state index contributed by atoms with van der Waals surface area (Å²) in [6.45, 7) is 5.91. The van der Waals surface area contributed by atoms with Gasteiger partial charge in [0.1, 0.15) is 0 Å². The van der Waals surface area contributed by atoms with Gasteiger partial charge in [-0.1, -0.05) is 13.8 Å². The number of amides is 1. The van der Waals surface area contributed by atoms with Crippen LogP contribution in [0.15, 0.2) is 0 Å². The molecule has 0 saturated carbocycles. The van der Waals surface area contributed by atoms with Gasteiger partial charge in [-0.15, -0.1) is 0 Å². The molecule has 0 bridgehead atoms. The van der Waals surface area contributed by atoms with Crippen molar-refractivity contribution in [2.75, 3.05) is 27.2 Å². The molecule has 1 rings (SSSR count). The monoisotopic (exact) mass is 227 g/mol. The lowest BCUT2D eigenvalue weighted by Crippen LogP contribution is -2.48. The highest BCUT2D eigenvalue weighted by Crippen LogP contribution is 2.16. The van der Waals surface area contributed by atoms with Gasteiger partial charge in [0, 0.05) is 19.6 Å². The van der Waals surface area contributed by atoms with Crippen LogP contribution in [-0.2, 0) is 4.79 Å². The average molecular weight is 227 g/mol. The first kappa shape index (κ1) is 13.5. The largest absolute Gasteiger partial charge is 0.343 e. The molecule has 0 radical (unpaired) electrons. The Kier molecular flexibility index (Phi) is 4.74. The van der Waals surface area contributed by atoms with Gasteiger partial charge in [0.05, 0.1) is 6.04 Å². The molecule has 1 fully saturated rings. The summed E-state index contributed by atoms with van der Waals surface area (Å²) in [5, 5.41) is 0. The van der Waals surface area contributed by atoms with Crippen molar-refractivity contribution in [2.24, 2.45) is 11.7 Å². The molecule has 1 heterocycles. The topological polar surface area (TPSA) is 49.6 Å². The van der Waals surface area contributed by atoms with Gasteiger partial charge in [-0.25, -0.2) is 0 Å². The molecule has 4 heteroatoms. The van der Waals surface area contributed by atoms with Crippen LogP contribution in [-0.4, -0.2) is 55.0 Å². The van der Waals surface area contributed by atoms with Crippen LogP contribution in [0.2, 0.25) is 0 Å². The summed E-state index contributed by atoms with van der Waals surface area (Å²) in [6.07, 6.45) is 2.42. The smallest absolute Gasteiger partial charge is 0.239 e. The standard InChI is InChI=1S/C12H25N3O/c1-9(2)11(13)12(16)15(4)8-10-6-5-7-14(10)3/h9-11H,5-8,13H2,1-4H3/t10-,11-/m0/s1. The fourth-order valence-corrected chi connectivity index (χ4v) is 2.16. The van der Waals surface area contributed by atoms with Gasteiger partial charge >= 0.3 is 0 Å². The molecule has 1 amide bonds. The van der Waals surface area contributed by atoms with Crippen LogP contribution in [0.3, 0.4) is 0 Å².